The summed E-state index contributed by atoms with van der Waals surface area (Å²) >= 11 is 0. The summed E-state index contributed by atoms with van der Waals surface area (Å²) in [6.45, 7) is 0. The van der Waals surface area contributed by atoms with Gasteiger partial charge in [-0.1, -0.05) is 30.3 Å². The molecule has 21 heavy (non-hydrogen) atoms. The number of hydrogen-bond acceptors (Lipinski definition) is 6. The molecule has 1 aromatic carbocycles. The Morgan fingerprint density at radius 2 is 1.76 bits per heavy atom. The van der Waals surface area contributed by atoms with Crippen LogP contribution in [0.1, 0.15) is 11.4 Å². The summed E-state index contributed by atoms with van der Waals surface area (Å²) in [5.41, 5.74) is 0.983. The molecule has 1 N–H and O–H groups in total. The Kier molecular flexibility index (Phi) is 4.18. The highest BCUT2D eigenvalue weighted by Gasteiger charge is 2.12. The highest BCUT2D eigenvalue weighted by Crippen LogP contribution is 2.23. The van der Waals surface area contributed by atoms with Gasteiger partial charge in [0.1, 0.15) is 29.4 Å². The minimum absolute atomic E-state index is 0.0983. The van der Waals surface area contributed by atoms with Gasteiger partial charge in [0, 0.05) is 5.57 Å². The standard InChI is InChI=1S/C14H7N7/c15-7-11(14-18-20-21-19-14)6-13(12(8-16)9-17)10-4-2-1-3-5-10/h1-6H,(H,18,19,20,21). The number of nitrogens with zero attached hydrogens (tertiary/aromatic N) is 6. The van der Waals surface area contributed by atoms with Crippen molar-refractivity contribution < 1.29 is 0 Å². The quantitative estimate of drug-likeness (QED) is 0.668. The Balaban J connectivity index is 2.64. The average molecular weight is 273 g/mol. The molecule has 0 unspecified atom stereocenters. The smallest absolute Gasteiger partial charge is 0.192 e. The van der Waals surface area contributed by atoms with Gasteiger partial charge in [-0.05, 0) is 16.9 Å². The van der Waals surface area contributed by atoms with Crippen molar-refractivity contribution in [3.63, 3.8) is 0 Å². The van der Waals surface area contributed by atoms with E-state index in [-0.39, 0.29) is 17.0 Å². The second kappa shape index (κ2) is 6.42. The summed E-state index contributed by atoms with van der Waals surface area (Å²) in [5, 5.41) is 40.4. The maximum Gasteiger partial charge on any atom is 0.215 e. The molecule has 7 heteroatoms. The Morgan fingerprint density at radius 1 is 1.05 bits per heavy atom. The third-order valence-electron chi connectivity index (χ3n) is 2.57. The fourth-order valence-corrected chi connectivity index (χ4v) is 1.63. The highest BCUT2D eigenvalue weighted by molar-refractivity contribution is 5.90. The maximum atomic E-state index is 9.19. The predicted molar refractivity (Wildman–Crippen MR) is 72.4 cm³/mol. The van der Waals surface area contributed by atoms with Crippen LogP contribution in [0.4, 0.5) is 0 Å². The number of hydrogen-bond donors (Lipinski definition) is 1. The zero-order chi connectivity index (χ0) is 15.1. The lowest BCUT2D eigenvalue weighted by atomic mass is 9.98. The fraction of sp³-hybridized carbons (Fsp3) is 0. The van der Waals surface area contributed by atoms with E-state index in [0.29, 0.717) is 11.1 Å². The maximum absolute atomic E-state index is 9.19. The van der Waals surface area contributed by atoms with Gasteiger partial charge in [-0.2, -0.15) is 21.0 Å². The molecule has 0 aliphatic carbocycles. The van der Waals surface area contributed by atoms with Crippen LogP contribution in [0.5, 0.6) is 0 Å². The van der Waals surface area contributed by atoms with E-state index in [1.165, 1.54) is 6.08 Å². The first kappa shape index (κ1) is 13.7. The molecule has 98 valence electrons. The van der Waals surface area contributed by atoms with Gasteiger partial charge in [-0.15, -0.1) is 10.2 Å². The van der Waals surface area contributed by atoms with E-state index >= 15 is 0 Å². The number of nitriles is 3. The van der Waals surface area contributed by atoms with Crippen molar-refractivity contribution in [3.05, 3.63) is 53.4 Å². The van der Waals surface area contributed by atoms with E-state index in [1.54, 1.807) is 24.3 Å². The van der Waals surface area contributed by atoms with E-state index in [2.05, 4.69) is 20.6 Å². The van der Waals surface area contributed by atoms with Gasteiger partial charge < -0.3 is 0 Å². The van der Waals surface area contributed by atoms with Gasteiger partial charge >= 0.3 is 0 Å². The summed E-state index contributed by atoms with van der Waals surface area (Å²) in [6, 6.07) is 14.4. The number of nitrogens with one attached hydrogen (secondary N) is 1. The van der Waals surface area contributed by atoms with Crippen molar-refractivity contribution in [1.82, 2.24) is 20.6 Å². The van der Waals surface area contributed by atoms with E-state index in [0.717, 1.165) is 0 Å². The summed E-state index contributed by atoms with van der Waals surface area (Å²) < 4.78 is 0. The molecule has 7 nitrogen and oxygen atoms in total. The molecule has 1 heterocycles. The van der Waals surface area contributed by atoms with Crippen molar-refractivity contribution in [1.29, 1.82) is 15.8 Å². The van der Waals surface area contributed by atoms with Gasteiger partial charge in [-0.3, -0.25) is 0 Å². The molecule has 0 amide bonds. The van der Waals surface area contributed by atoms with Crippen LogP contribution in [0, 0.1) is 34.0 Å². The number of aromatic amines is 1. The van der Waals surface area contributed by atoms with Crippen molar-refractivity contribution in [3.8, 4) is 18.2 Å². The first-order valence-corrected chi connectivity index (χ1v) is 5.75. The van der Waals surface area contributed by atoms with Gasteiger partial charge in [0.05, 0.1) is 0 Å². The average Bonchev–Trinajstić information content (AvgIpc) is 3.06. The van der Waals surface area contributed by atoms with Crippen LogP contribution in [0.15, 0.2) is 42.0 Å². The molecule has 0 atom stereocenters. The van der Waals surface area contributed by atoms with E-state index < -0.39 is 0 Å². The van der Waals surface area contributed by atoms with Crippen LogP contribution < -0.4 is 0 Å². The second-order valence-electron chi connectivity index (χ2n) is 3.78. The van der Waals surface area contributed by atoms with Crippen molar-refractivity contribution in [2.45, 2.75) is 0 Å². The molecule has 0 saturated carbocycles. The number of H-pyrrole nitrogens is 1. The largest absolute Gasteiger partial charge is 0.215 e. The molecule has 1 aromatic heterocycles. The summed E-state index contributed by atoms with van der Waals surface area (Å²) in [6.07, 6.45) is 1.40. The third kappa shape index (κ3) is 2.98. The number of tetrazole rings is 1. The number of rotatable bonds is 3. The van der Waals surface area contributed by atoms with Crippen LogP contribution in [-0.2, 0) is 0 Å². The first-order valence-electron chi connectivity index (χ1n) is 5.75. The Hall–Kier alpha value is -3.76. The van der Waals surface area contributed by atoms with Crippen molar-refractivity contribution in [2.24, 2.45) is 0 Å². The molecular formula is C14H7N7. The fourth-order valence-electron chi connectivity index (χ4n) is 1.63. The number of allylic oxidation sites excluding steroid dienone is 4. The molecule has 0 spiro atoms. The van der Waals surface area contributed by atoms with Crippen molar-refractivity contribution in [2.75, 3.05) is 0 Å². The normalized spacial score (nSPS) is 10.0. The number of aromatic nitrogens is 4. The lowest BCUT2D eigenvalue weighted by Gasteiger charge is -2.03. The zero-order valence-electron chi connectivity index (χ0n) is 10.6. The highest BCUT2D eigenvalue weighted by atomic mass is 15.5. The predicted octanol–water partition coefficient (Wildman–Crippen LogP) is 1.61. The van der Waals surface area contributed by atoms with Gasteiger partial charge in [0.15, 0.2) is 0 Å². The van der Waals surface area contributed by atoms with Crippen LogP contribution in [-0.4, -0.2) is 20.6 Å². The molecule has 0 aliphatic rings. The minimum atomic E-state index is -0.0996. The zero-order valence-corrected chi connectivity index (χ0v) is 10.6. The lowest BCUT2D eigenvalue weighted by molar-refractivity contribution is 0.881. The van der Waals surface area contributed by atoms with Crippen LogP contribution in [0.3, 0.4) is 0 Å². The molecule has 2 rings (SSSR count). The second-order valence-corrected chi connectivity index (χ2v) is 3.78. The van der Waals surface area contributed by atoms with Crippen LogP contribution >= 0.6 is 0 Å². The van der Waals surface area contributed by atoms with E-state index in [9.17, 15) is 5.26 Å². The summed E-state index contributed by atoms with van der Waals surface area (Å²) in [5.74, 6) is 0.0983. The molecule has 2 aromatic rings. The minimum Gasteiger partial charge on any atom is -0.192 e. The molecule has 0 radical (unpaired) electrons. The first-order chi connectivity index (χ1) is 10.3. The molecule has 0 aliphatic heterocycles. The lowest BCUT2D eigenvalue weighted by Crippen LogP contribution is -1.91. The Morgan fingerprint density at radius 3 is 2.29 bits per heavy atom. The summed E-state index contributed by atoms with van der Waals surface area (Å²) in [4.78, 5) is 0. The monoisotopic (exact) mass is 273 g/mol. The SMILES string of the molecule is N#CC(=CC(=C(C#N)C#N)c1ccccc1)c1nn[nH]n1. The number of benzene rings is 1. The summed E-state index contributed by atoms with van der Waals surface area (Å²) in [7, 11) is 0. The van der Waals surface area contributed by atoms with Crippen LogP contribution in [0.25, 0.3) is 11.1 Å². The van der Waals surface area contributed by atoms with E-state index in [1.807, 2.05) is 24.3 Å². The van der Waals surface area contributed by atoms with Gasteiger partial charge in [0.25, 0.3) is 0 Å². The van der Waals surface area contributed by atoms with Crippen molar-refractivity contribution >= 4 is 11.1 Å². The topological polar surface area (TPSA) is 126 Å². The molecule has 0 saturated heterocycles. The molecule has 0 bridgehead atoms. The van der Waals surface area contributed by atoms with E-state index in [4.69, 9.17) is 10.5 Å². The Labute approximate surface area is 120 Å². The molecule has 0 fully saturated rings. The third-order valence-corrected chi connectivity index (χ3v) is 2.57. The van der Waals surface area contributed by atoms with Gasteiger partial charge in [0.2, 0.25) is 5.82 Å². The van der Waals surface area contributed by atoms with Crippen LogP contribution in [0.2, 0.25) is 0 Å². The Bertz CT molecular complexity index is 793. The van der Waals surface area contributed by atoms with Gasteiger partial charge in [-0.25, -0.2) is 0 Å². The molecular weight excluding hydrogens is 266 g/mol.